The summed E-state index contributed by atoms with van der Waals surface area (Å²) in [6.07, 6.45) is 1.66. The third kappa shape index (κ3) is 2.40. The van der Waals surface area contributed by atoms with E-state index in [4.69, 9.17) is 5.11 Å². The highest BCUT2D eigenvalue weighted by molar-refractivity contribution is 4.79. The van der Waals surface area contributed by atoms with Crippen LogP contribution in [0.25, 0.3) is 0 Å². The van der Waals surface area contributed by atoms with E-state index < -0.39 is 11.8 Å². The Labute approximate surface area is 65.4 Å². The van der Waals surface area contributed by atoms with Crippen LogP contribution in [-0.2, 0) is 0 Å². The monoisotopic (exact) mass is 164 g/mol. The van der Waals surface area contributed by atoms with Gasteiger partial charge in [-0.1, -0.05) is 0 Å². The predicted molar refractivity (Wildman–Crippen MR) is 38.6 cm³/mol. The molecule has 0 radical (unpaired) electrons. The molecule has 1 N–H and O–H groups in total. The van der Waals surface area contributed by atoms with Crippen LogP contribution >= 0.6 is 0 Å². The van der Waals surface area contributed by atoms with Crippen molar-refractivity contribution in [3.8, 4) is 0 Å². The zero-order valence-corrected chi connectivity index (χ0v) is 6.69. The van der Waals surface area contributed by atoms with Crippen molar-refractivity contribution < 1.29 is 13.9 Å². The fourth-order valence-electron chi connectivity index (χ4n) is 1.58. The van der Waals surface area contributed by atoms with Gasteiger partial charge in [-0.25, -0.2) is 8.78 Å². The van der Waals surface area contributed by atoms with Crippen molar-refractivity contribution in [1.82, 2.24) is 0 Å². The quantitative estimate of drug-likeness (QED) is 0.629. The largest absolute Gasteiger partial charge is 0.393 e. The topological polar surface area (TPSA) is 20.2 Å². The Morgan fingerprint density at radius 3 is 2.00 bits per heavy atom. The lowest BCUT2D eigenvalue weighted by molar-refractivity contribution is -0.0652. The van der Waals surface area contributed by atoms with Crippen LogP contribution in [0.3, 0.4) is 0 Å². The van der Waals surface area contributed by atoms with Gasteiger partial charge in [0.1, 0.15) is 0 Å². The minimum absolute atomic E-state index is 0.339. The first-order valence-electron chi connectivity index (χ1n) is 4.06. The molecule has 1 fully saturated rings. The van der Waals surface area contributed by atoms with Crippen LogP contribution in [-0.4, -0.2) is 17.1 Å². The lowest BCUT2D eigenvalue weighted by Gasteiger charge is -2.29. The molecule has 0 heterocycles. The van der Waals surface area contributed by atoms with E-state index in [1.807, 2.05) is 0 Å². The molecule has 0 saturated heterocycles. The van der Waals surface area contributed by atoms with E-state index in [0.29, 0.717) is 25.7 Å². The first-order valence-corrected chi connectivity index (χ1v) is 4.06. The molecule has 1 rings (SSSR count). The molecule has 1 aliphatic rings. The van der Waals surface area contributed by atoms with Crippen LogP contribution in [0.1, 0.15) is 32.6 Å². The molecule has 1 aliphatic carbocycles. The van der Waals surface area contributed by atoms with Crippen LogP contribution in [0, 0.1) is 5.92 Å². The van der Waals surface area contributed by atoms with Crippen LogP contribution in [0.5, 0.6) is 0 Å². The molecule has 3 heteroatoms. The molecule has 0 amide bonds. The normalized spacial score (nSPS) is 33.8. The summed E-state index contributed by atoms with van der Waals surface area (Å²) in [6.45, 7) is 0.968. The first kappa shape index (κ1) is 8.91. The third-order valence-corrected chi connectivity index (χ3v) is 2.41. The third-order valence-electron chi connectivity index (χ3n) is 2.41. The Morgan fingerprint density at radius 1 is 1.18 bits per heavy atom. The minimum atomic E-state index is -2.56. The number of hydrogen-bond donors (Lipinski definition) is 1. The maximum Gasteiger partial charge on any atom is 0.248 e. The zero-order chi connectivity index (χ0) is 8.48. The number of alkyl halides is 2. The van der Waals surface area contributed by atoms with E-state index in [1.165, 1.54) is 0 Å². The summed E-state index contributed by atoms with van der Waals surface area (Å²) in [6, 6.07) is 0. The molecule has 0 aliphatic heterocycles. The SMILES string of the molecule is CC(F)(F)[C@H]1CC[C@H](O)CC1. The predicted octanol–water partition coefficient (Wildman–Crippen LogP) is 2.19. The van der Waals surface area contributed by atoms with Crippen molar-refractivity contribution in [2.24, 2.45) is 5.92 Å². The molecule has 66 valence electrons. The Morgan fingerprint density at radius 2 is 1.64 bits per heavy atom. The molecule has 1 saturated carbocycles. The van der Waals surface area contributed by atoms with Crippen LogP contribution in [0.2, 0.25) is 0 Å². The second-order valence-corrected chi connectivity index (χ2v) is 3.46. The molecule has 0 atom stereocenters. The van der Waals surface area contributed by atoms with Crippen molar-refractivity contribution in [3.05, 3.63) is 0 Å². The van der Waals surface area contributed by atoms with Crippen molar-refractivity contribution in [2.45, 2.75) is 44.6 Å². The maximum atomic E-state index is 12.7. The average Bonchev–Trinajstić information content (AvgIpc) is 1.86. The van der Waals surface area contributed by atoms with Gasteiger partial charge in [-0.2, -0.15) is 0 Å². The summed E-state index contributed by atoms with van der Waals surface area (Å²) >= 11 is 0. The highest BCUT2D eigenvalue weighted by Gasteiger charge is 2.36. The lowest BCUT2D eigenvalue weighted by atomic mass is 9.84. The van der Waals surface area contributed by atoms with Gasteiger partial charge in [0.05, 0.1) is 6.10 Å². The maximum absolute atomic E-state index is 12.7. The average molecular weight is 164 g/mol. The fraction of sp³-hybridized carbons (Fsp3) is 1.00. The van der Waals surface area contributed by atoms with E-state index in [1.54, 1.807) is 0 Å². The molecule has 0 bridgehead atoms. The second-order valence-electron chi connectivity index (χ2n) is 3.46. The number of aliphatic hydroxyl groups is 1. The molecule has 0 aromatic heterocycles. The molecule has 0 unspecified atom stereocenters. The summed E-state index contributed by atoms with van der Waals surface area (Å²) in [5.41, 5.74) is 0. The van der Waals surface area contributed by atoms with Gasteiger partial charge in [0.15, 0.2) is 0 Å². The van der Waals surface area contributed by atoms with Crippen LogP contribution < -0.4 is 0 Å². The van der Waals surface area contributed by atoms with Crippen LogP contribution in [0.4, 0.5) is 8.78 Å². The van der Waals surface area contributed by atoms with E-state index >= 15 is 0 Å². The fourth-order valence-corrected chi connectivity index (χ4v) is 1.58. The molecule has 0 aromatic carbocycles. The van der Waals surface area contributed by atoms with Gasteiger partial charge in [0.2, 0.25) is 5.92 Å². The van der Waals surface area contributed by atoms with Gasteiger partial charge in [-0.05, 0) is 32.6 Å². The number of aliphatic hydroxyl groups excluding tert-OH is 1. The molecular weight excluding hydrogens is 150 g/mol. The minimum Gasteiger partial charge on any atom is -0.393 e. The molecule has 11 heavy (non-hydrogen) atoms. The lowest BCUT2D eigenvalue weighted by Crippen LogP contribution is -2.30. The highest BCUT2D eigenvalue weighted by Crippen LogP contribution is 2.35. The van der Waals surface area contributed by atoms with E-state index in [0.717, 1.165) is 6.92 Å². The zero-order valence-electron chi connectivity index (χ0n) is 6.69. The van der Waals surface area contributed by atoms with Crippen LogP contribution in [0.15, 0.2) is 0 Å². The summed E-state index contributed by atoms with van der Waals surface area (Å²) in [5, 5.41) is 9.05. The Kier molecular flexibility index (Phi) is 2.47. The summed E-state index contributed by atoms with van der Waals surface area (Å²) < 4.78 is 25.3. The molecule has 0 spiro atoms. The van der Waals surface area contributed by atoms with E-state index in [2.05, 4.69) is 0 Å². The number of hydrogen-bond acceptors (Lipinski definition) is 1. The first-order chi connectivity index (χ1) is 5.00. The number of halogens is 2. The van der Waals surface area contributed by atoms with Crippen molar-refractivity contribution in [1.29, 1.82) is 0 Å². The summed E-state index contributed by atoms with van der Waals surface area (Å²) in [7, 11) is 0. The van der Waals surface area contributed by atoms with Gasteiger partial charge in [0, 0.05) is 5.92 Å². The Bertz CT molecular complexity index is 123. The second kappa shape index (κ2) is 3.05. The van der Waals surface area contributed by atoms with E-state index in [9.17, 15) is 8.78 Å². The van der Waals surface area contributed by atoms with Crippen molar-refractivity contribution in [2.75, 3.05) is 0 Å². The molecule has 1 nitrogen and oxygen atoms in total. The number of rotatable bonds is 1. The summed E-state index contributed by atoms with van der Waals surface area (Å²) in [5.74, 6) is -3.06. The van der Waals surface area contributed by atoms with E-state index in [-0.39, 0.29) is 6.10 Å². The van der Waals surface area contributed by atoms with Crippen molar-refractivity contribution in [3.63, 3.8) is 0 Å². The Hall–Kier alpha value is -0.180. The summed E-state index contributed by atoms with van der Waals surface area (Å²) in [4.78, 5) is 0. The Balaban J connectivity index is 2.39. The molecule has 0 aromatic rings. The highest BCUT2D eigenvalue weighted by atomic mass is 19.3. The van der Waals surface area contributed by atoms with Gasteiger partial charge >= 0.3 is 0 Å². The van der Waals surface area contributed by atoms with Gasteiger partial charge in [-0.3, -0.25) is 0 Å². The smallest absolute Gasteiger partial charge is 0.248 e. The van der Waals surface area contributed by atoms with Gasteiger partial charge < -0.3 is 5.11 Å². The molecular formula is C8H14F2O. The standard InChI is InChI=1S/C8H14F2O/c1-8(9,10)6-2-4-7(11)5-3-6/h6-7,11H,2-5H2,1H3/t6-,7-. The van der Waals surface area contributed by atoms with Gasteiger partial charge in [0.25, 0.3) is 0 Å². The van der Waals surface area contributed by atoms with Crippen molar-refractivity contribution >= 4 is 0 Å². The van der Waals surface area contributed by atoms with Gasteiger partial charge in [-0.15, -0.1) is 0 Å².